The normalized spacial score (nSPS) is 12.9. The lowest BCUT2D eigenvalue weighted by atomic mass is 10.2. The molecular formula is C12H15F3N2O2. The fourth-order valence-electron chi connectivity index (χ4n) is 1.39. The molecule has 0 aliphatic heterocycles. The maximum absolute atomic E-state index is 12.7. The third kappa shape index (κ3) is 4.44. The molecule has 0 saturated carbocycles. The van der Waals surface area contributed by atoms with Crippen LogP contribution in [0.25, 0.3) is 0 Å². The Bertz CT molecular complexity index is 435. The van der Waals surface area contributed by atoms with E-state index in [9.17, 15) is 18.0 Å². The molecular weight excluding hydrogens is 261 g/mol. The number of ether oxygens (including phenoxy) is 1. The summed E-state index contributed by atoms with van der Waals surface area (Å²) < 4.78 is 43.2. The van der Waals surface area contributed by atoms with Crippen LogP contribution < -0.4 is 15.8 Å². The maximum atomic E-state index is 12.7. The number of nitrogens with two attached hydrogens (primary N) is 1. The van der Waals surface area contributed by atoms with E-state index in [2.05, 4.69) is 5.32 Å². The number of benzene rings is 1. The molecule has 4 nitrogen and oxygen atoms in total. The minimum Gasteiger partial charge on any atom is -0.480 e. The SMILES string of the molecule is CC(Oc1ccccc1C(F)(F)F)C(=O)NCCN. The number of nitrogens with one attached hydrogen (secondary N) is 1. The Hall–Kier alpha value is -1.76. The lowest BCUT2D eigenvalue weighted by Crippen LogP contribution is -2.39. The molecule has 1 rings (SSSR count). The summed E-state index contributed by atoms with van der Waals surface area (Å²) in [7, 11) is 0. The van der Waals surface area contributed by atoms with Crippen molar-refractivity contribution < 1.29 is 22.7 Å². The van der Waals surface area contributed by atoms with Crippen LogP contribution in [0, 0.1) is 0 Å². The first-order valence-electron chi connectivity index (χ1n) is 5.67. The lowest BCUT2D eigenvalue weighted by molar-refractivity contribution is -0.140. The smallest absolute Gasteiger partial charge is 0.419 e. The third-order valence-electron chi connectivity index (χ3n) is 2.31. The average Bonchev–Trinajstić information content (AvgIpc) is 2.35. The number of halogens is 3. The summed E-state index contributed by atoms with van der Waals surface area (Å²) in [4.78, 5) is 11.5. The van der Waals surface area contributed by atoms with E-state index in [4.69, 9.17) is 10.5 Å². The van der Waals surface area contributed by atoms with Gasteiger partial charge in [-0.3, -0.25) is 4.79 Å². The second-order valence-corrected chi connectivity index (χ2v) is 3.83. The van der Waals surface area contributed by atoms with Crippen molar-refractivity contribution in [1.29, 1.82) is 0 Å². The molecule has 0 spiro atoms. The standard InChI is InChI=1S/C12H15F3N2O2/c1-8(11(18)17-7-6-16)19-10-5-3-2-4-9(10)12(13,14)15/h2-5,8H,6-7,16H2,1H3,(H,17,18). The molecule has 19 heavy (non-hydrogen) atoms. The fourth-order valence-corrected chi connectivity index (χ4v) is 1.39. The van der Waals surface area contributed by atoms with Crippen molar-refractivity contribution in [1.82, 2.24) is 5.32 Å². The van der Waals surface area contributed by atoms with Crippen LogP contribution in [0.2, 0.25) is 0 Å². The topological polar surface area (TPSA) is 64.3 Å². The molecule has 0 saturated heterocycles. The predicted molar refractivity (Wildman–Crippen MR) is 63.6 cm³/mol. The van der Waals surface area contributed by atoms with Crippen LogP contribution in [0.4, 0.5) is 13.2 Å². The van der Waals surface area contributed by atoms with Gasteiger partial charge in [-0.15, -0.1) is 0 Å². The van der Waals surface area contributed by atoms with Crippen molar-refractivity contribution in [2.45, 2.75) is 19.2 Å². The van der Waals surface area contributed by atoms with Crippen LogP contribution in [-0.4, -0.2) is 25.1 Å². The van der Waals surface area contributed by atoms with Gasteiger partial charge in [0.15, 0.2) is 6.10 Å². The Morgan fingerprint density at radius 1 is 1.42 bits per heavy atom. The molecule has 3 N–H and O–H groups in total. The number of amides is 1. The molecule has 1 unspecified atom stereocenters. The van der Waals surface area contributed by atoms with Gasteiger partial charge in [0, 0.05) is 13.1 Å². The van der Waals surface area contributed by atoms with Gasteiger partial charge in [0.05, 0.1) is 5.56 Å². The Labute approximate surface area is 108 Å². The second-order valence-electron chi connectivity index (χ2n) is 3.83. The highest BCUT2D eigenvalue weighted by molar-refractivity contribution is 5.80. The van der Waals surface area contributed by atoms with Crippen LogP contribution in [0.3, 0.4) is 0 Å². The summed E-state index contributed by atoms with van der Waals surface area (Å²) in [5.74, 6) is -0.882. The summed E-state index contributed by atoms with van der Waals surface area (Å²) in [6, 6.07) is 4.75. The van der Waals surface area contributed by atoms with Crippen LogP contribution in [0.15, 0.2) is 24.3 Å². The molecule has 0 heterocycles. The molecule has 0 bridgehead atoms. The molecule has 0 radical (unpaired) electrons. The summed E-state index contributed by atoms with van der Waals surface area (Å²) in [6.45, 7) is 1.87. The molecule has 1 aromatic rings. The van der Waals surface area contributed by atoms with Crippen molar-refractivity contribution in [3.05, 3.63) is 29.8 Å². The number of alkyl halides is 3. The number of carbonyl (C=O) groups is 1. The third-order valence-corrected chi connectivity index (χ3v) is 2.31. The highest BCUT2D eigenvalue weighted by Crippen LogP contribution is 2.36. The number of carbonyl (C=O) groups excluding carboxylic acids is 1. The Morgan fingerprint density at radius 2 is 2.05 bits per heavy atom. The van der Waals surface area contributed by atoms with Gasteiger partial charge in [0.2, 0.25) is 0 Å². The van der Waals surface area contributed by atoms with E-state index in [-0.39, 0.29) is 18.8 Å². The number of hydrogen-bond donors (Lipinski definition) is 2. The molecule has 0 fully saturated rings. The van der Waals surface area contributed by atoms with E-state index in [1.807, 2.05) is 0 Å². The highest BCUT2D eigenvalue weighted by Gasteiger charge is 2.34. The van der Waals surface area contributed by atoms with E-state index in [0.29, 0.717) is 0 Å². The number of rotatable bonds is 5. The van der Waals surface area contributed by atoms with Gasteiger partial charge in [-0.1, -0.05) is 12.1 Å². The van der Waals surface area contributed by atoms with Crippen molar-refractivity contribution in [2.24, 2.45) is 5.73 Å². The number of hydrogen-bond acceptors (Lipinski definition) is 3. The van der Waals surface area contributed by atoms with Gasteiger partial charge >= 0.3 is 6.18 Å². The Kier molecular flexibility index (Phi) is 5.17. The highest BCUT2D eigenvalue weighted by atomic mass is 19.4. The quantitative estimate of drug-likeness (QED) is 0.857. The van der Waals surface area contributed by atoms with E-state index >= 15 is 0 Å². The minimum atomic E-state index is -4.52. The first kappa shape index (κ1) is 15.3. The number of para-hydroxylation sites is 1. The predicted octanol–water partition coefficient (Wildman–Crippen LogP) is 1.55. The Morgan fingerprint density at radius 3 is 2.63 bits per heavy atom. The summed E-state index contributed by atoms with van der Waals surface area (Å²) in [5.41, 5.74) is 4.30. The molecule has 1 amide bonds. The van der Waals surface area contributed by atoms with Crippen molar-refractivity contribution >= 4 is 5.91 Å². The lowest BCUT2D eigenvalue weighted by Gasteiger charge is -2.18. The van der Waals surface area contributed by atoms with Crippen molar-refractivity contribution in [3.8, 4) is 5.75 Å². The molecule has 0 aliphatic rings. The van der Waals surface area contributed by atoms with Crippen LogP contribution in [0.5, 0.6) is 5.75 Å². The zero-order valence-electron chi connectivity index (χ0n) is 10.3. The Balaban J connectivity index is 2.80. The van der Waals surface area contributed by atoms with E-state index in [1.165, 1.54) is 25.1 Å². The van der Waals surface area contributed by atoms with E-state index in [0.717, 1.165) is 6.07 Å². The van der Waals surface area contributed by atoms with Gasteiger partial charge in [0.1, 0.15) is 5.75 Å². The van der Waals surface area contributed by atoms with Gasteiger partial charge in [-0.25, -0.2) is 0 Å². The molecule has 1 aromatic carbocycles. The van der Waals surface area contributed by atoms with E-state index in [1.54, 1.807) is 0 Å². The van der Waals surface area contributed by atoms with Gasteiger partial charge in [-0.05, 0) is 19.1 Å². The van der Waals surface area contributed by atoms with Gasteiger partial charge in [-0.2, -0.15) is 13.2 Å². The van der Waals surface area contributed by atoms with Crippen molar-refractivity contribution in [2.75, 3.05) is 13.1 Å². The zero-order valence-corrected chi connectivity index (χ0v) is 10.3. The monoisotopic (exact) mass is 276 g/mol. The summed E-state index contributed by atoms with van der Waals surface area (Å²) >= 11 is 0. The van der Waals surface area contributed by atoms with Crippen LogP contribution in [-0.2, 0) is 11.0 Å². The van der Waals surface area contributed by atoms with Crippen LogP contribution in [0.1, 0.15) is 12.5 Å². The fraction of sp³-hybridized carbons (Fsp3) is 0.417. The zero-order chi connectivity index (χ0) is 14.5. The molecule has 106 valence electrons. The summed E-state index contributed by atoms with van der Waals surface area (Å²) in [5, 5.41) is 2.44. The second kappa shape index (κ2) is 6.42. The maximum Gasteiger partial charge on any atom is 0.419 e. The molecule has 7 heteroatoms. The largest absolute Gasteiger partial charge is 0.480 e. The van der Waals surface area contributed by atoms with Crippen LogP contribution >= 0.6 is 0 Å². The van der Waals surface area contributed by atoms with E-state index < -0.39 is 23.8 Å². The van der Waals surface area contributed by atoms with Crippen molar-refractivity contribution in [3.63, 3.8) is 0 Å². The molecule has 0 aliphatic carbocycles. The van der Waals surface area contributed by atoms with Gasteiger partial charge in [0.25, 0.3) is 5.91 Å². The summed E-state index contributed by atoms with van der Waals surface area (Å²) in [6.07, 6.45) is -5.56. The molecule has 1 atom stereocenters. The first-order valence-corrected chi connectivity index (χ1v) is 5.67. The first-order chi connectivity index (χ1) is 8.86. The molecule has 0 aromatic heterocycles. The van der Waals surface area contributed by atoms with Gasteiger partial charge < -0.3 is 15.8 Å². The minimum absolute atomic E-state index is 0.244. The average molecular weight is 276 g/mol.